The Kier molecular flexibility index (Phi) is 32.6. The maximum absolute atomic E-state index is 11.7. The maximum atomic E-state index is 11.7. The van der Waals surface area contributed by atoms with E-state index in [2.05, 4.69) is 219 Å². The van der Waals surface area contributed by atoms with Crippen molar-refractivity contribution >= 4 is 72.5 Å². The molecule has 4 aromatic heterocycles. The molecule has 4 aliphatic rings. The first-order valence-corrected chi connectivity index (χ1v) is 49.5. The summed E-state index contributed by atoms with van der Waals surface area (Å²) in [6, 6.07) is 53.7. The Morgan fingerprint density at radius 1 is 0.369 bits per heavy atom. The van der Waals surface area contributed by atoms with Gasteiger partial charge >= 0.3 is 6.09 Å². The van der Waals surface area contributed by atoms with Gasteiger partial charge in [-0.1, -0.05) is 24.3 Å². The third-order valence-electron chi connectivity index (χ3n) is 26.3. The number of nitrogens with one attached hydrogen (secondary N) is 6. The van der Waals surface area contributed by atoms with Crippen molar-refractivity contribution in [1.29, 1.82) is 0 Å². The summed E-state index contributed by atoms with van der Waals surface area (Å²) in [5, 5.41) is 116. The molecule has 12 aromatic rings. The van der Waals surface area contributed by atoms with Gasteiger partial charge in [0.15, 0.2) is 17.5 Å². The second-order valence-corrected chi connectivity index (χ2v) is 45.2. The Labute approximate surface area is 831 Å². The predicted molar refractivity (Wildman–Crippen MR) is 566 cm³/mol. The number of carbonyl (C=O) groups excluding carboxylic acids is 2. The van der Waals surface area contributed by atoms with E-state index >= 15 is 0 Å². The van der Waals surface area contributed by atoms with Crippen molar-refractivity contribution in [1.82, 2.24) is 72.7 Å². The van der Waals surface area contributed by atoms with Gasteiger partial charge in [0.2, 0.25) is 5.91 Å². The molecule has 8 heterocycles. The van der Waals surface area contributed by atoms with Crippen molar-refractivity contribution in [3.05, 3.63) is 176 Å². The summed E-state index contributed by atoms with van der Waals surface area (Å²) in [4.78, 5) is 29.4. The fourth-order valence-corrected chi connectivity index (χ4v) is 21.5. The van der Waals surface area contributed by atoms with Crippen LogP contribution in [0.1, 0.15) is 215 Å². The number of piperidine rings is 4. The summed E-state index contributed by atoms with van der Waals surface area (Å²) in [5.41, 5.74) is 11.6. The molecule has 4 fully saturated rings. The lowest BCUT2D eigenvalue weighted by atomic mass is 9.74. The fourth-order valence-electron chi connectivity index (χ4n) is 21.5. The molecule has 0 aliphatic carbocycles. The quantitative estimate of drug-likeness (QED) is 0.0224. The van der Waals surface area contributed by atoms with E-state index in [1.54, 1.807) is 36.4 Å². The lowest BCUT2D eigenvalue weighted by Crippen LogP contribution is -2.62. The number of aromatic nitrogens is 8. The molecule has 754 valence electrons. The van der Waals surface area contributed by atoms with Gasteiger partial charge in [0.05, 0.1) is 48.3 Å². The molecule has 13 N–H and O–H groups in total. The number of benzene rings is 8. The normalized spacial score (nSPS) is 17.4. The van der Waals surface area contributed by atoms with Crippen LogP contribution in [0.5, 0.6) is 46.0 Å². The molecular weight excluding hydrogens is 1770 g/mol. The minimum Gasteiger partial charge on any atom is -0.508 e. The Morgan fingerprint density at radius 2 is 0.667 bits per heavy atom. The first-order valence-electron chi connectivity index (χ1n) is 49.5. The van der Waals surface area contributed by atoms with E-state index in [0.717, 1.165) is 148 Å². The molecule has 141 heavy (non-hydrogen) atoms. The third kappa shape index (κ3) is 29.3. The zero-order valence-corrected chi connectivity index (χ0v) is 86.9. The number of phenolic OH excluding ortho intramolecular Hbond substituents is 5. The molecule has 29 heteroatoms. The van der Waals surface area contributed by atoms with Gasteiger partial charge in [-0.25, -0.2) is 4.79 Å². The van der Waals surface area contributed by atoms with Gasteiger partial charge in [-0.05, 0) is 410 Å². The van der Waals surface area contributed by atoms with E-state index in [-0.39, 0.29) is 79.0 Å². The minimum atomic E-state index is -0.522. The molecule has 0 spiro atoms. The van der Waals surface area contributed by atoms with Crippen molar-refractivity contribution < 1.29 is 54.1 Å². The number of ether oxygens (including phenoxy) is 4. The highest BCUT2D eigenvalue weighted by Gasteiger charge is 2.44. The van der Waals surface area contributed by atoms with Crippen LogP contribution in [0.15, 0.2) is 170 Å². The topological polar surface area (TPSA) is 383 Å². The monoisotopic (exact) mass is 1920 g/mol. The maximum Gasteiger partial charge on any atom is 0.407 e. The van der Waals surface area contributed by atoms with Crippen molar-refractivity contribution in [3.8, 4) is 91.0 Å². The average Bonchev–Trinajstić information content (AvgIpc) is 0.696. The number of fused-ring (bicyclic) bond motifs is 4. The van der Waals surface area contributed by atoms with Crippen molar-refractivity contribution in [2.45, 2.75) is 284 Å². The van der Waals surface area contributed by atoms with Crippen LogP contribution in [0.3, 0.4) is 0 Å². The highest BCUT2D eigenvalue weighted by molar-refractivity contribution is 5.94. The first-order chi connectivity index (χ1) is 66.2. The van der Waals surface area contributed by atoms with Gasteiger partial charge < -0.3 is 96.8 Å². The van der Waals surface area contributed by atoms with Gasteiger partial charge in [-0.3, -0.25) is 4.79 Å². The molecule has 16 rings (SSSR count). The molecule has 2 amide bonds. The SMILES string of the molecule is CC(=O)NCCCOc1ccc2cc(-c3ccc(N(C)C4CC(C)(C)NC(C)(C)C4)nn3)c(O)cc2c1.CC1(C)CC(Cc2ccc(-c3cc4ccc(O)cc4cc3O)nn2)CC(C)(C)N1.CN(c1ccc(-c2cc3ccc(OCCCN)cc3cc2O)nn1)C1CC(C)(C)NC(C)(C)C1.CN(c1ccc(-c2cc3ccc(OCCCNC(=O)OC(C)(C)C)cc3cc2O)nn1)C1CC(C)(C)NC(C)(C)C1. The summed E-state index contributed by atoms with van der Waals surface area (Å²) >= 11 is 0. The van der Waals surface area contributed by atoms with E-state index in [1.807, 2.05) is 154 Å². The highest BCUT2D eigenvalue weighted by Crippen LogP contribution is 2.44. The predicted octanol–water partition coefficient (Wildman–Crippen LogP) is 20.0. The van der Waals surface area contributed by atoms with Crippen LogP contribution in [0.2, 0.25) is 0 Å². The van der Waals surface area contributed by atoms with Crippen molar-refractivity contribution in [3.63, 3.8) is 0 Å². The van der Waals surface area contributed by atoms with E-state index in [0.29, 0.717) is 121 Å². The number of nitrogens with zero attached hydrogens (tertiary/aromatic N) is 11. The van der Waals surface area contributed by atoms with E-state index in [1.165, 1.54) is 6.92 Å². The largest absolute Gasteiger partial charge is 0.508 e. The summed E-state index contributed by atoms with van der Waals surface area (Å²) in [7, 11) is 6.25. The van der Waals surface area contributed by atoms with Crippen LogP contribution in [-0.2, 0) is 16.0 Å². The average molecular weight is 1920 g/mol. The van der Waals surface area contributed by atoms with Crippen LogP contribution < -0.4 is 66.5 Å². The van der Waals surface area contributed by atoms with Gasteiger partial charge in [0, 0.05) is 126 Å². The summed E-state index contributed by atoms with van der Waals surface area (Å²) in [6.07, 6.45) is 11.0. The van der Waals surface area contributed by atoms with Gasteiger partial charge in [0.1, 0.15) is 51.6 Å². The van der Waals surface area contributed by atoms with Gasteiger partial charge in [0.25, 0.3) is 0 Å². The van der Waals surface area contributed by atoms with Crippen LogP contribution >= 0.6 is 0 Å². The molecule has 4 aliphatic heterocycles. The number of nitrogens with two attached hydrogens (primary N) is 1. The van der Waals surface area contributed by atoms with Gasteiger partial charge in [-0.2, -0.15) is 10.2 Å². The van der Waals surface area contributed by atoms with Crippen LogP contribution in [0.25, 0.3) is 88.1 Å². The molecule has 0 saturated carbocycles. The Bertz CT molecular complexity index is 6260. The summed E-state index contributed by atoms with van der Waals surface area (Å²) < 4.78 is 22.6. The number of hydrogen-bond donors (Lipinski definition) is 12. The third-order valence-corrected chi connectivity index (χ3v) is 26.3. The second kappa shape index (κ2) is 43.5. The molecule has 0 atom stereocenters. The molecule has 8 aromatic carbocycles. The van der Waals surface area contributed by atoms with E-state index in [4.69, 9.17) is 24.7 Å². The number of aromatic hydroxyl groups is 5. The molecule has 4 saturated heterocycles. The lowest BCUT2D eigenvalue weighted by molar-refractivity contribution is -0.119. The van der Waals surface area contributed by atoms with Crippen molar-refractivity contribution in [2.24, 2.45) is 11.7 Å². The molecule has 29 nitrogen and oxygen atoms in total. The van der Waals surface area contributed by atoms with Crippen LogP contribution in [0.4, 0.5) is 22.2 Å². The van der Waals surface area contributed by atoms with E-state index < -0.39 is 11.7 Å². The van der Waals surface area contributed by atoms with Gasteiger partial charge in [-0.15, -0.1) is 30.6 Å². The Morgan fingerprint density at radius 3 is 0.965 bits per heavy atom. The molecular formula is C112H150N18O11. The molecule has 0 radical (unpaired) electrons. The Balaban J connectivity index is 0.000000159. The fraction of sp³-hybridized carbons (Fsp3) is 0.482. The van der Waals surface area contributed by atoms with Crippen LogP contribution in [0, 0.1) is 5.92 Å². The number of anilines is 3. The smallest absolute Gasteiger partial charge is 0.407 e. The summed E-state index contributed by atoms with van der Waals surface area (Å²) in [6.45, 7) is 46.1. The number of carbonyl (C=O) groups is 2. The lowest BCUT2D eigenvalue weighted by Gasteiger charge is -2.49. The minimum absolute atomic E-state index is 0.0365. The second-order valence-electron chi connectivity index (χ2n) is 45.2. The number of rotatable bonds is 26. The number of phenols is 5. The van der Waals surface area contributed by atoms with Crippen molar-refractivity contribution in [2.75, 3.05) is 75.3 Å². The molecule has 0 bridgehead atoms. The zero-order chi connectivity index (χ0) is 102. The Hall–Kier alpha value is -12.5. The number of hydrogen-bond acceptors (Lipinski definition) is 27. The zero-order valence-electron chi connectivity index (χ0n) is 86.9. The van der Waals surface area contributed by atoms with Crippen LogP contribution in [-0.4, -0.2) is 207 Å². The van der Waals surface area contributed by atoms with E-state index in [9.17, 15) is 35.1 Å². The first kappa shape index (κ1) is 106. The molecule has 0 unspecified atom stereocenters. The number of alkyl carbamates (subject to hydrolysis) is 1. The summed E-state index contributed by atoms with van der Waals surface area (Å²) in [5.74, 6) is 5.93. The highest BCUT2D eigenvalue weighted by atomic mass is 16.6. The number of amides is 2. The standard InChI is InChI=1S/C32H45N5O4.C29H39N5O3.C27H37N5O2.C24H29N3O2/c1-30(2,3)41-29(39)33-14-9-15-40-24-11-10-21-17-25(27(38)18-22(21)16-24)26-12-13-28(35-34-26)37(8)23-19-31(4,5)36-32(6,7)20-23;1-19(35)30-12-7-13-37-23-9-8-20-15-24(26(36)16-21(20)14-23)25-10-11-27(32-31-25)34(6)22-17-28(2,3)33-29(4,5)18-22;1-26(2)16-20(17-27(3,4)31-26)32(5)25-10-9-23(29-30-25)22-14-18-7-8-21(34-12-6-11-28)13-19(18)15-24(22)33;1-23(2)13-15(14-24(3,4)27-23)9-18-6-8-21(26-25-18)20-11-16-5-7-19(28)10-17(16)12-22(20)29/h10-13,16-18,23,36,38H,9,14-15,19-20H2,1-8H3,(H,33,39);8-11,14-16,22,33,36H,7,12-13,17-18H2,1-6H3,(H,30,35);7-10,13-15,20,31,33H,6,11-12,16-17,28H2,1-5H3;5-8,10-12,15,27-29H,9,13-14H2,1-4H3.